The van der Waals surface area contributed by atoms with Crippen LogP contribution in [-0.2, 0) is 30.0 Å². The van der Waals surface area contributed by atoms with E-state index in [9.17, 15) is 8.42 Å². The molecule has 0 fully saturated rings. The minimum absolute atomic E-state index is 0.156. The van der Waals surface area contributed by atoms with Crippen LogP contribution in [0.4, 0.5) is 5.69 Å². The minimum Gasteiger partial charge on any atom is -0.381 e. The summed E-state index contributed by atoms with van der Waals surface area (Å²) in [5, 5.41) is 13.1. The molecule has 0 amide bonds. The largest absolute Gasteiger partial charge is 0.381 e. The summed E-state index contributed by atoms with van der Waals surface area (Å²) in [6.07, 6.45) is 6.01. The molecular formula is C18H21N5O2S. The van der Waals surface area contributed by atoms with E-state index in [-0.39, 0.29) is 4.90 Å². The van der Waals surface area contributed by atoms with Gasteiger partial charge in [-0.25, -0.2) is 13.6 Å². The van der Waals surface area contributed by atoms with Gasteiger partial charge in [0.15, 0.2) is 0 Å². The monoisotopic (exact) mass is 371 g/mol. The van der Waals surface area contributed by atoms with E-state index in [4.69, 9.17) is 5.14 Å². The number of hydrogen-bond acceptors (Lipinski definition) is 5. The van der Waals surface area contributed by atoms with Crippen LogP contribution < -0.4 is 10.5 Å². The molecule has 0 saturated carbocycles. The molecular weight excluding hydrogens is 350 g/mol. The van der Waals surface area contributed by atoms with E-state index >= 15 is 0 Å². The molecule has 0 radical (unpaired) electrons. The molecule has 0 spiro atoms. The van der Waals surface area contributed by atoms with E-state index in [1.54, 1.807) is 29.2 Å². The number of pyridine rings is 1. The number of hydrogen-bond donors (Lipinski definition) is 2. The zero-order valence-electron chi connectivity index (χ0n) is 14.7. The molecule has 3 rings (SSSR count). The number of anilines is 1. The second-order valence-electron chi connectivity index (χ2n) is 5.99. The Morgan fingerprint density at radius 1 is 1.23 bits per heavy atom. The smallest absolute Gasteiger partial charge is 0.238 e. The Morgan fingerprint density at radius 2 is 2.04 bits per heavy atom. The molecule has 3 aromatic rings. The first-order chi connectivity index (χ1) is 12.4. The quantitative estimate of drug-likeness (QED) is 0.692. The lowest BCUT2D eigenvalue weighted by atomic mass is 10.1. The number of nitrogens with two attached hydrogens (primary N) is 1. The van der Waals surface area contributed by atoms with Crippen LogP contribution in [0.2, 0.25) is 0 Å². The maximum absolute atomic E-state index is 11.8. The second kappa shape index (κ2) is 7.27. The van der Waals surface area contributed by atoms with Crippen LogP contribution in [0.25, 0.3) is 11.3 Å². The molecule has 2 heterocycles. The average Bonchev–Trinajstić information content (AvgIpc) is 3.00. The minimum atomic E-state index is -3.76. The summed E-state index contributed by atoms with van der Waals surface area (Å²) < 4.78 is 25.4. The Kier molecular flexibility index (Phi) is 5.06. The van der Waals surface area contributed by atoms with E-state index in [1.807, 2.05) is 38.4 Å². The zero-order chi connectivity index (χ0) is 18.7. The molecule has 8 heteroatoms. The highest BCUT2D eigenvalue weighted by Gasteiger charge is 2.15. The molecule has 2 aromatic heterocycles. The third-order valence-electron chi connectivity index (χ3n) is 4.08. The van der Waals surface area contributed by atoms with Gasteiger partial charge in [-0.3, -0.25) is 9.67 Å². The normalized spacial score (nSPS) is 11.5. The van der Waals surface area contributed by atoms with Crippen molar-refractivity contribution in [1.82, 2.24) is 14.8 Å². The van der Waals surface area contributed by atoms with Crippen LogP contribution >= 0.6 is 0 Å². The van der Waals surface area contributed by atoms with Crippen LogP contribution in [0.5, 0.6) is 0 Å². The highest BCUT2D eigenvalue weighted by atomic mass is 32.2. The molecule has 3 N–H and O–H groups in total. The predicted octanol–water partition coefficient (Wildman–Crippen LogP) is 2.30. The van der Waals surface area contributed by atoms with Gasteiger partial charge in [0.25, 0.3) is 0 Å². The van der Waals surface area contributed by atoms with Gasteiger partial charge in [-0.2, -0.15) is 5.10 Å². The first kappa shape index (κ1) is 18.1. The number of aryl methyl sites for hydroxylation is 2. The SMILES string of the molecule is CCc1ccc(NCc2cn(C)nc2-c2cccnc2)cc1S(N)(=O)=O. The van der Waals surface area contributed by atoms with Crippen LogP contribution in [0.1, 0.15) is 18.1 Å². The van der Waals surface area contributed by atoms with Crippen LogP contribution in [0.3, 0.4) is 0 Å². The first-order valence-electron chi connectivity index (χ1n) is 8.21. The summed E-state index contributed by atoms with van der Waals surface area (Å²) in [4.78, 5) is 4.29. The highest BCUT2D eigenvalue weighted by Crippen LogP contribution is 2.24. The number of primary sulfonamides is 1. The van der Waals surface area contributed by atoms with Gasteiger partial charge in [0.2, 0.25) is 10.0 Å². The third kappa shape index (κ3) is 3.92. The van der Waals surface area contributed by atoms with Crippen molar-refractivity contribution in [3.05, 3.63) is 60.0 Å². The summed E-state index contributed by atoms with van der Waals surface area (Å²) in [6.45, 7) is 2.39. The fourth-order valence-electron chi connectivity index (χ4n) is 2.83. The van der Waals surface area contributed by atoms with E-state index in [2.05, 4.69) is 15.4 Å². The number of nitrogens with one attached hydrogen (secondary N) is 1. The molecule has 0 unspecified atom stereocenters. The van der Waals surface area contributed by atoms with Gasteiger partial charge in [-0.1, -0.05) is 13.0 Å². The van der Waals surface area contributed by atoms with Gasteiger partial charge in [0.05, 0.1) is 10.6 Å². The molecule has 1 aromatic carbocycles. The fraction of sp³-hybridized carbons (Fsp3) is 0.222. The maximum Gasteiger partial charge on any atom is 0.238 e. The number of benzene rings is 1. The van der Waals surface area contributed by atoms with Crippen molar-refractivity contribution in [2.45, 2.75) is 24.8 Å². The standard InChI is InChI=1S/C18H21N5O2S/c1-3-13-6-7-16(9-17(13)26(19,24)25)21-11-15-12-23(2)22-18(15)14-5-4-8-20-10-14/h4-10,12,21H,3,11H2,1-2H3,(H2,19,24,25). The van der Waals surface area contributed by atoms with E-state index < -0.39 is 10.0 Å². The lowest BCUT2D eigenvalue weighted by Gasteiger charge is -2.11. The van der Waals surface area contributed by atoms with Gasteiger partial charge < -0.3 is 5.32 Å². The van der Waals surface area contributed by atoms with Gasteiger partial charge >= 0.3 is 0 Å². The molecule has 7 nitrogen and oxygen atoms in total. The van der Waals surface area contributed by atoms with Gasteiger partial charge in [0, 0.05) is 49.0 Å². The lowest BCUT2D eigenvalue weighted by molar-refractivity contribution is 0.596. The molecule has 26 heavy (non-hydrogen) atoms. The molecule has 0 saturated heterocycles. The van der Waals surface area contributed by atoms with Crippen LogP contribution in [-0.4, -0.2) is 23.2 Å². The number of sulfonamides is 1. The van der Waals surface area contributed by atoms with E-state index in [0.29, 0.717) is 24.2 Å². The molecule has 136 valence electrons. The topological polar surface area (TPSA) is 103 Å². The van der Waals surface area contributed by atoms with E-state index in [1.165, 1.54) is 0 Å². The van der Waals surface area contributed by atoms with Crippen molar-refractivity contribution in [3.8, 4) is 11.3 Å². The summed E-state index contributed by atoms with van der Waals surface area (Å²) in [6, 6.07) is 9.03. The predicted molar refractivity (Wildman–Crippen MR) is 101 cm³/mol. The Morgan fingerprint density at radius 3 is 2.69 bits per heavy atom. The van der Waals surface area contributed by atoms with Crippen LogP contribution in [0, 0.1) is 0 Å². The van der Waals surface area contributed by atoms with Crippen molar-refractivity contribution in [1.29, 1.82) is 0 Å². The van der Waals surface area contributed by atoms with Crippen molar-refractivity contribution in [2.75, 3.05) is 5.32 Å². The number of aromatic nitrogens is 3. The Balaban J connectivity index is 1.87. The Hall–Kier alpha value is -2.71. The molecule has 0 bridgehead atoms. The Bertz CT molecular complexity index is 1010. The number of rotatable bonds is 6. The van der Waals surface area contributed by atoms with Gasteiger partial charge in [-0.15, -0.1) is 0 Å². The molecule has 0 aliphatic carbocycles. The second-order valence-corrected chi connectivity index (χ2v) is 7.52. The number of nitrogens with zero attached hydrogens (tertiary/aromatic N) is 3. The highest BCUT2D eigenvalue weighted by molar-refractivity contribution is 7.89. The fourth-order valence-corrected chi connectivity index (χ4v) is 3.70. The summed E-state index contributed by atoms with van der Waals surface area (Å²) in [5.74, 6) is 0. The Labute approximate surface area is 152 Å². The molecule has 0 atom stereocenters. The molecule has 0 aliphatic rings. The lowest BCUT2D eigenvalue weighted by Crippen LogP contribution is -2.15. The average molecular weight is 371 g/mol. The van der Waals surface area contributed by atoms with Crippen molar-refractivity contribution in [3.63, 3.8) is 0 Å². The zero-order valence-corrected chi connectivity index (χ0v) is 15.5. The van der Waals surface area contributed by atoms with Gasteiger partial charge in [-0.05, 0) is 36.2 Å². The van der Waals surface area contributed by atoms with Crippen molar-refractivity contribution >= 4 is 15.7 Å². The summed E-state index contributed by atoms with van der Waals surface area (Å²) >= 11 is 0. The van der Waals surface area contributed by atoms with Crippen molar-refractivity contribution < 1.29 is 8.42 Å². The molecule has 0 aliphatic heterocycles. The van der Waals surface area contributed by atoms with Gasteiger partial charge in [0.1, 0.15) is 0 Å². The summed E-state index contributed by atoms with van der Waals surface area (Å²) in [7, 11) is -1.90. The first-order valence-corrected chi connectivity index (χ1v) is 9.75. The maximum atomic E-state index is 11.8. The van der Waals surface area contributed by atoms with E-state index in [0.717, 1.165) is 16.8 Å². The summed E-state index contributed by atoms with van der Waals surface area (Å²) in [5.41, 5.74) is 4.14. The van der Waals surface area contributed by atoms with Crippen LogP contribution in [0.15, 0.2) is 53.8 Å². The van der Waals surface area contributed by atoms with Crippen molar-refractivity contribution in [2.24, 2.45) is 12.2 Å². The third-order valence-corrected chi connectivity index (χ3v) is 5.07.